The lowest BCUT2D eigenvalue weighted by atomic mass is 9.80. The maximum Gasteiger partial charge on any atom is 0.0500 e. The molecule has 2 aromatic rings. The molecule has 0 amide bonds. The zero-order chi connectivity index (χ0) is 14.7. The summed E-state index contributed by atoms with van der Waals surface area (Å²) in [5.74, 6) is 0. The lowest BCUT2D eigenvalue weighted by molar-refractivity contribution is 0.592. The van der Waals surface area contributed by atoms with Crippen LogP contribution in [-0.4, -0.2) is 4.98 Å². The molecule has 1 heterocycles. The van der Waals surface area contributed by atoms with Crippen molar-refractivity contribution >= 4 is 0 Å². The number of allylic oxidation sites excluding steroid dienone is 4. The van der Waals surface area contributed by atoms with Crippen LogP contribution in [0.15, 0.2) is 78.0 Å². The van der Waals surface area contributed by atoms with Crippen molar-refractivity contribution in [2.24, 2.45) is 0 Å². The molecule has 1 aliphatic carbocycles. The second-order valence-corrected chi connectivity index (χ2v) is 6.16. The van der Waals surface area contributed by atoms with Gasteiger partial charge in [0.15, 0.2) is 0 Å². The van der Waals surface area contributed by atoms with Gasteiger partial charge in [-0.3, -0.25) is 4.98 Å². The highest BCUT2D eigenvalue weighted by atomic mass is 14.7. The third-order valence-electron chi connectivity index (χ3n) is 4.30. The van der Waals surface area contributed by atoms with E-state index in [2.05, 4.69) is 73.4 Å². The van der Waals surface area contributed by atoms with E-state index in [9.17, 15) is 0 Å². The maximum absolute atomic E-state index is 4.54. The predicted molar refractivity (Wildman–Crippen MR) is 88.2 cm³/mol. The lowest BCUT2D eigenvalue weighted by Gasteiger charge is -2.25. The van der Waals surface area contributed by atoms with Gasteiger partial charge in [-0.2, -0.15) is 0 Å². The molecule has 0 fully saturated rings. The number of benzene rings is 1. The van der Waals surface area contributed by atoms with Crippen molar-refractivity contribution < 1.29 is 0 Å². The van der Waals surface area contributed by atoms with Crippen LogP contribution in [0.1, 0.15) is 31.5 Å². The number of rotatable bonds is 4. The minimum atomic E-state index is -0.00377. The lowest BCUT2D eigenvalue weighted by Crippen LogP contribution is -2.20. The van der Waals surface area contributed by atoms with Crippen LogP contribution < -0.4 is 0 Å². The molecule has 0 spiro atoms. The first-order valence-electron chi connectivity index (χ1n) is 7.52. The Labute approximate surface area is 127 Å². The van der Waals surface area contributed by atoms with Gasteiger partial charge in [0.25, 0.3) is 0 Å². The molecular formula is C20H21N. The SMILES string of the molecule is CC(C)(C1=CC(Cc2ccccc2)=CC1)c1ccccn1. The van der Waals surface area contributed by atoms with Gasteiger partial charge in [0, 0.05) is 17.3 Å². The monoisotopic (exact) mass is 275 g/mol. The van der Waals surface area contributed by atoms with Gasteiger partial charge in [0.1, 0.15) is 0 Å². The highest BCUT2D eigenvalue weighted by Crippen LogP contribution is 2.36. The van der Waals surface area contributed by atoms with Gasteiger partial charge in [0.2, 0.25) is 0 Å². The smallest absolute Gasteiger partial charge is 0.0500 e. The standard InChI is InChI=1S/C20H21N/c1-20(2,19-10-6-7-13-21-19)18-12-11-17(15-18)14-16-8-4-3-5-9-16/h3-11,13,15H,12,14H2,1-2H3. The summed E-state index contributed by atoms with van der Waals surface area (Å²) in [7, 11) is 0. The summed E-state index contributed by atoms with van der Waals surface area (Å²) < 4.78 is 0. The number of pyridine rings is 1. The van der Waals surface area contributed by atoms with E-state index in [0.29, 0.717) is 0 Å². The summed E-state index contributed by atoms with van der Waals surface area (Å²) in [6.07, 6.45) is 8.65. The van der Waals surface area contributed by atoms with E-state index in [1.165, 1.54) is 16.7 Å². The molecule has 21 heavy (non-hydrogen) atoms. The van der Waals surface area contributed by atoms with E-state index < -0.39 is 0 Å². The summed E-state index contributed by atoms with van der Waals surface area (Å²) in [5, 5.41) is 0. The third-order valence-corrected chi connectivity index (χ3v) is 4.30. The van der Waals surface area contributed by atoms with Gasteiger partial charge < -0.3 is 0 Å². The Kier molecular flexibility index (Phi) is 3.74. The van der Waals surface area contributed by atoms with Crippen molar-refractivity contribution in [2.45, 2.75) is 32.1 Å². The van der Waals surface area contributed by atoms with Crippen LogP contribution in [0.5, 0.6) is 0 Å². The van der Waals surface area contributed by atoms with Gasteiger partial charge in [-0.05, 0) is 36.1 Å². The summed E-state index contributed by atoms with van der Waals surface area (Å²) in [5.41, 5.74) is 5.38. The molecule has 0 radical (unpaired) electrons. The third kappa shape index (κ3) is 2.97. The van der Waals surface area contributed by atoms with Gasteiger partial charge >= 0.3 is 0 Å². The maximum atomic E-state index is 4.54. The quantitative estimate of drug-likeness (QED) is 0.776. The molecule has 3 rings (SSSR count). The molecular weight excluding hydrogens is 254 g/mol. The van der Waals surface area contributed by atoms with Gasteiger partial charge in [0.05, 0.1) is 0 Å². The van der Waals surface area contributed by atoms with Crippen molar-refractivity contribution in [2.75, 3.05) is 0 Å². The van der Waals surface area contributed by atoms with E-state index >= 15 is 0 Å². The zero-order valence-corrected chi connectivity index (χ0v) is 12.7. The van der Waals surface area contributed by atoms with E-state index in [-0.39, 0.29) is 5.41 Å². The molecule has 106 valence electrons. The molecule has 1 aromatic heterocycles. The normalized spacial score (nSPS) is 14.8. The minimum Gasteiger partial charge on any atom is -0.260 e. The van der Waals surface area contributed by atoms with E-state index in [0.717, 1.165) is 18.5 Å². The Bertz CT molecular complexity index is 663. The number of nitrogens with zero attached hydrogens (tertiary/aromatic N) is 1. The fourth-order valence-electron chi connectivity index (χ4n) is 2.87. The Balaban J connectivity index is 1.78. The summed E-state index contributed by atoms with van der Waals surface area (Å²) in [6, 6.07) is 16.8. The van der Waals surface area contributed by atoms with Crippen LogP contribution in [0.2, 0.25) is 0 Å². The van der Waals surface area contributed by atoms with Gasteiger partial charge in [-0.1, -0.05) is 68.0 Å². The fourth-order valence-corrected chi connectivity index (χ4v) is 2.87. The minimum absolute atomic E-state index is 0.00377. The molecule has 0 N–H and O–H groups in total. The molecule has 1 aliphatic rings. The van der Waals surface area contributed by atoms with Crippen molar-refractivity contribution in [3.8, 4) is 0 Å². The van der Waals surface area contributed by atoms with E-state index in [4.69, 9.17) is 0 Å². The van der Waals surface area contributed by atoms with Crippen molar-refractivity contribution in [3.05, 3.63) is 89.3 Å². The van der Waals surface area contributed by atoms with Crippen molar-refractivity contribution in [1.29, 1.82) is 0 Å². The van der Waals surface area contributed by atoms with Crippen molar-refractivity contribution in [3.63, 3.8) is 0 Å². The van der Waals surface area contributed by atoms with Gasteiger partial charge in [-0.25, -0.2) is 0 Å². The summed E-state index contributed by atoms with van der Waals surface area (Å²) in [6.45, 7) is 4.53. The second-order valence-electron chi connectivity index (χ2n) is 6.16. The first-order valence-corrected chi connectivity index (χ1v) is 7.52. The average molecular weight is 275 g/mol. The van der Waals surface area contributed by atoms with Crippen LogP contribution in [0.25, 0.3) is 0 Å². The van der Waals surface area contributed by atoms with Gasteiger partial charge in [-0.15, -0.1) is 0 Å². The number of hydrogen-bond acceptors (Lipinski definition) is 1. The van der Waals surface area contributed by atoms with E-state index in [1.54, 1.807) is 0 Å². The molecule has 0 bridgehead atoms. The fraction of sp³-hybridized carbons (Fsp3) is 0.250. The molecule has 0 saturated carbocycles. The number of hydrogen-bond donors (Lipinski definition) is 0. The highest BCUT2D eigenvalue weighted by molar-refractivity contribution is 5.43. The zero-order valence-electron chi connectivity index (χ0n) is 12.7. The van der Waals surface area contributed by atoms with Crippen LogP contribution in [0, 0.1) is 0 Å². The Morgan fingerprint density at radius 2 is 1.76 bits per heavy atom. The van der Waals surface area contributed by atoms with Crippen LogP contribution in [0.3, 0.4) is 0 Å². The average Bonchev–Trinajstić information content (AvgIpc) is 2.98. The van der Waals surface area contributed by atoms with Crippen molar-refractivity contribution in [1.82, 2.24) is 4.98 Å². The van der Waals surface area contributed by atoms with E-state index in [1.807, 2.05) is 12.3 Å². The topological polar surface area (TPSA) is 12.9 Å². The Hall–Kier alpha value is -2.15. The highest BCUT2D eigenvalue weighted by Gasteiger charge is 2.28. The summed E-state index contributed by atoms with van der Waals surface area (Å²) in [4.78, 5) is 4.54. The molecule has 1 heteroatoms. The Morgan fingerprint density at radius 3 is 2.48 bits per heavy atom. The number of aromatic nitrogens is 1. The predicted octanol–water partition coefficient (Wildman–Crippen LogP) is 4.86. The molecule has 0 saturated heterocycles. The largest absolute Gasteiger partial charge is 0.260 e. The second kappa shape index (κ2) is 5.69. The molecule has 0 unspecified atom stereocenters. The van der Waals surface area contributed by atoms with Crippen LogP contribution in [-0.2, 0) is 11.8 Å². The first kappa shape index (κ1) is 13.8. The summed E-state index contributed by atoms with van der Waals surface area (Å²) >= 11 is 0. The molecule has 1 nitrogen and oxygen atoms in total. The van der Waals surface area contributed by atoms with Crippen LogP contribution in [0.4, 0.5) is 0 Å². The molecule has 1 aromatic carbocycles. The van der Waals surface area contributed by atoms with Crippen LogP contribution >= 0.6 is 0 Å². The first-order chi connectivity index (χ1) is 10.2. The molecule has 0 aliphatic heterocycles. The Morgan fingerprint density at radius 1 is 1.00 bits per heavy atom. The molecule has 0 atom stereocenters.